The molecule has 0 radical (unpaired) electrons. The van der Waals surface area contributed by atoms with Crippen molar-refractivity contribution in [2.45, 2.75) is 0 Å². The number of halogens is 1. The van der Waals surface area contributed by atoms with Gasteiger partial charge in [-0.15, -0.1) is 0 Å². The number of ether oxygens (including phenoxy) is 1. The van der Waals surface area contributed by atoms with Gasteiger partial charge in [-0.2, -0.15) is 0 Å². The van der Waals surface area contributed by atoms with Crippen molar-refractivity contribution in [2.24, 2.45) is 0 Å². The summed E-state index contributed by atoms with van der Waals surface area (Å²) in [5.74, 6) is 0. The third-order valence-electron chi connectivity index (χ3n) is 0.518. The van der Waals surface area contributed by atoms with Crippen LogP contribution in [0.5, 0.6) is 0 Å². The first kappa shape index (κ1) is 10.3. The predicted octanol–water partition coefficient (Wildman–Crippen LogP) is 1.05. The van der Waals surface area contributed by atoms with E-state index in [0.717, 1.165) is 0 Å². The highest BCUT2D eigenvalue weighted by Gasteiger charge is 2.11. The minimum atomic E-state index is -4.01. The number of hydrogen-bond donors (Lipinski definition) is 2. The Hall–Kier alpha value is 0.330. The first-order chi connectivity index (χ1) is 4.42. The summed E-state index contributed by atoms with van der Waals surface area (Å²) in [6.45, 7) is 3.53. The molecule has 0 aliphatic heterocycles. The molecule has 60 valence electrons. The molecular formula is C4H8BrO4P. The Morgan fingerprint density at radius 1 is 1.70 bits per heavy atom. The van der Waals surface area contributed by atoms with Gasteiger partial charge in [-0.3, -0.25) is 4.57 Å². The maximum Gasteiger partial charge on any atom is 0.350 e. The Morgan fingerprint density at radius 3 is 2.50 bits per heavy atom. The minimum absolute atomic E-state index is 0.116. The molecule has 0 spiro atoms. The van der Waals surface area contributed by atoms with Crippen LogP contribution in [0.4, 0.5) is 0 Å². The average molecular weight is 231 g/mol. The second-order valence-electron chi connectivity index (χ2n) is 1.66. The van der Waals surface area contributed by atoms with E-state index in [1.54, 1.807) is 0 Å². The Bertz CT molecular complexity index is 163. The lowest BCUT2D eigenvalue weighted by Crippen LogP contribution is -1.96. The lowest BCUT2D eigenvalue weighted by molar-refractivity contribution is 0.183. The molecule has 0 amide bonds. The van der Waals surface area contributed by atoms with Crippen molar-refractivity contribution in [3.63, 3.8) is 0 Å². The van der Waals surface area contributed by atoms with Crippen LogP contribution in [0.3, 0.4) is 0 Å². The second-order valence-corrected chi connectivity index (χ2v) is 4.37. The van der Waals surface area contributed by atoms with Gasteiger partial charge in [0, 0.05) is 4.48 Å². The van der Waals surface area contributed by atoms with Crippen molar-refractivity contribution < 1.29 is 19.1 Å². The zero-order valence-electron chi connectivity index (χ0n) is 5.16. The van der Waals surface area contributed by atoms with Crippen LogP contribution in [0.25, 0.3) is 0 Å². The van der Waals surface area contributed by atoms with Gasteiger partial charge in [-0.05, 0) is 0 Å². The van der Waals surface area contributed by atoms with Crippen LogP contribution < -0.4 is 0 Å². The summed E-state index contributed by atoms with van der Waals surface area (Å²) in [4.78, 5) is 16.5. The monoisotopic (exact) mass is 230 g/mol. The maximum absolute atomic E-state index is 10.1. The lowest BCUT2D eigenvalue weighted by atomic mass is 10.7. The molecule has 0 rings (SSSR count). The Kier molecular flexibility index (Phi) is 4.40. The van der Waals surface area contributed by atoms with Crippen LogP contribution in [-0.4, -0.2) is 22.7 Å². The van der Waals surface area contributed by atoms with Crippen molar-refractivity contribution in [1.82, 2.24) is 0 Å². The molecule has 0 aliphatic rings. The smallest absolute Gasteiger partial charge is 0.350 e. The highest BCUT2D eigenvalue weighted by atomic mass is 79.9. The highest BCUT2D eigenvalue weighted by Crippen LogP contribution is 2.33. The standard InChI is InChI=1S/C4H8BrO4P/c1-4(5)2-9-3-10(6,7)8/h1-3H2,(H2,6,7,8). The van der Waals surface area contributed by atoms with Crippen LogP contribution in [0.1, 0.15) is 0 Å². The third-order valence-corrected chi connectivity index (χ3v) is 1.27. The summed E-state index contributed by atoms with van der Waals surface area (Å²) in [6, 6.07) is 0. The molecule has 6 heteroatoms. The van der Waals surface area contributed by atoms with Gasteiger partial charge in [0.25, 0.3) is 0 Å². The van der Waals surface area contributed by atoms with Crippen molar-refractivity contribution >= 4 is 23.5 Å². The summed E-state index contributed by atoms with van der Waals surface area (Å²) < 4.78 is 15.2. The van der Waals surface area contributed by atoms with Crippen LogP contribution in [0, 0.1) is 0 Å². The van der Waals surface area contributed by atoms with Crippen molar-refractivity contribution in [1.29, 1.82) is 0 Å². The van der Waals surface area contributed by atoms with E-state index in [2.05, 4.69) is 27.2 Å². The van der Waals surface area contributed by atoms with E-state index in [4.69, 9.17) is 9.79 Å². The van der Waals surface area contributed by atoms with E-state index >= 15 is 0 Å². The third kappa shape index (κ3) is 8.33. The molecule has 0 aromatic heterocycles. The van der Waals surface area contributed by atoms with E-state index in [0.29, 0.717) is 4.48 Å². The van der Waals surface area contributed by atoms with Gasteiger partial charge >= 0.3 is 7.60 Å². The topological polar surface area (TPSA) is 66.8 Å². The molecular weight excluding hydrogens is 223 g/mol. The van der Waals surface area contributed by atoms with Gasteiger partial charge in [0.15, 0.2) is 0 Å². The fraction of sp³-hybridized carbons (Fsp3) is 0.500. The van der Waals surface area contributed by atoms with E-state index in [1.807, 2.05) is 0 Å². The largest absolute Gasteiger partial charge is 0.364 e. The second kappa shape index (κ2) is 4.26. The molecule has 2 N–H and O–H groups in total. The van der Waals surface area contributed by atoms with Gasteiger partial charge in [-0.25, -0.2) is 0 Å². The highest BCUT2D eigenvalue weighted by molar-refractivity contribution is 9.11. The molecule has 0 fully saturated rings. The fourth-order valence-electron chi connectivity index (χ4n) is 0.275. The molecule has 0 aliphatic carbocycles. The zero-order chi connectivity index (χ0) is 8.20. The Morgan fingerprint density at radius 2 is 2.20 bits per heavy atom. The zero-order valence-corrected chi connectivity index (χ0v) is 7.64. The lowest BCUT2D eigenvalue weighted by Gasteiger charge is -2.03. The molecule has 0 atom stereocenters. The van der Waals surface area contributed by atoms with Gasteiger partial charge in [-0.1, -0.05) is 22.5 Å². The first-order valence-corrected chi connectivity index (χ1v) is 4.96. The molecule has 0 bridgehead atoms. The molecule has 0 aromatic carbocycles. The normalized spacial score (nSPS) is 11.5. The molecule has 0 saturated carbocycles. The first-order valence-electron chi connectivity index (χ1n) is 2.37. The quantitative estimate of drug-likeness (QED) is 0.709. The van der Waals surface area contributed by atoms with Gasteiger partial charge < -0.3 is 14.5 Å². The van der Waals surface area contributed by atoms with Crippen LogP contribution in [0.15, 0.2) is 11.1 Å². The Labute approximate surface area is 67.2 Å². The summed E-state index contributed by atoms with van der Waals surface area (Å²) >= 11 is 2.97. The van der Waals surface area contributed by atoms with Crippen LogP contribution in [0.2, 0.25) is 0 Å². The van der Waals surface area contributed by atoms with E-state index in [-0.39, 0.29) is 6.61 Å². The minimum Gasteiger partial charge on any atom is -0.364 e. The SMILES string of the molecule is C=C(Br)COCP(=O)(O)O. The van der Waals surface area contributed by atoms with Crippen molar-refractivity contribution in [3.8, 4) is 0 Å². The van der Waals surface area contributed by atoms with Crippen molar-refractivity contribution in [2.75, 3.05) is 13.0 Å². The average Bonchev–Trinajstić information content (AvgIpc) is 1.59. The van der Waals surface area contributed by atoms with Gasteiger partial charge in [0.05, 0.1) is 6.61 Å². The number of rotatable bonds is 4. The van der Waals surface area contributed by atoms with Gasteiger partial charge in [0.2, 0.25) is 0 Å². The summed E-state index contributed by atoms with van der Waals surface area (Å²) in [6.07, 6.45) is -0.558. The molecule has 0 aromatic rings. The summed E-state index contributed by atoms with van der Waals surface area (Å²) in [5.41, 5.74) is 0. The van der Waals surface area contributed by atoms with E-state index in [9.17, 15) is 4.57 Å². The fourth-order valence-corrected chi connectivity index (χ4v) is 0.766. The molecule has 10 heavy (non-hydrogen) atoms. The summed E-state index contributed by atoms with van der Waals surface area (Å²) in [5, 5.41) is 0. The number of hydrogen-bond acceptors (Lipinski definition) is 2. The van der Waals surface area contributed by atoms with Crippen LogP contribution in [-0.2, 0) is 9.30 Å². The molecule has 4 nitrogen and oxygen atoms in total. The predicted molar refractivity (Wildman–Crippen MR) is 40.9 cm³/mol. The summed E-state index contributed by atoms with van der Waals surface area (Å²) in [7, 11) is -4.01. The van der Waals surface area contributed by atoms with Crippen LogP contribution >= 0.6 is 23.5 Å². The molecule has 0 saturated heterocycles. The molecule has 0 unspecified atom stereocenters. The Balaban J connectivity index is 3.39. The maximum atomic E-state index is 10.1. The van der Waals surface area contributed by atoms with Crippen molar-refractivity contribution in [3.05, 3.63) is 11.1 Å². The van der Waals surface area contributed by atoms with Gasteiger partial charge in [0.1, 0.15) is 6.35 Å². The molecule has 0 heterocycles. The van der Waals surface area contributed by atoms with E-state index in [1.165, 1.54) is 0 Å². The van der Waals surface area contributed by atoms with E-state index < -0.39 is 13.9 Å².